The van der Waals surface area contributed by atoms with E-state index in [-0.39, 0.29) is 17.9 Å². The Hall–Kier alpha value is -1.54. The van der Waals surface area contributed by atoms with Gasteiger partial charge in [-0.3, -0.25) is 4.79 Å². The number of nitriles is 1. The lowest BCUT2D eigenvalue weighted by Gasteiger charge is -2.23. The molecule has 0 aromatic heterocycles. The van der Waals surface area contributed by atoms with Crippen molar-refractivity contribution in [1.82, 2.24) is 0 Å². The molecule has 2 nitrogen and oxygen atoms in total. The smallest absolute Gasteiger partial charge is 0.298 e. The van der Waals surface area contributed by atoms with Crippen LogP contribution in [0, 0.1) is 11.3 Å². The number of halogens is 4. The normalized spacial score (nSPS) is 14.5. The van der Waals surface area contributed by atoms with Crippen molar-refractivity contribution in [2.45, 2.75) is 24.9 Å². The van der Waals surface area contributed by atoms with Crippen LogP contribution in [0.5, 0.6) is 0 Å². The Labute approximate surface area is 113 Å². The quantitative estimate of drug-likeness (QED) is 0.793. The van der Waals surface area contributed by atoms with Crippen molar-refractivity contribution in [3.05, 3.63) is 35.4 Å². The SMILES string of the molecule is CC(=O)C(C#N)(CCCl)c1ccc(C(F)(F)F)cc1. The van der Waals surface area contributed by atoms with E-state index in [2.05, 4.69) is 0 Å². The standard InChI is InChI=1S/C13H11ClF3NO/c1-9(19)12(8-18,6-7-14)10-2-4-11(5-3-10)13(15,16)17/h2-5H,6-7H2,1H3. The summed E-state index contributed by atoms with van der Waals surface area (Å²) >= 11 is 5.58. The van der Waals surface area contributed by atoms with Crippen LogP contribution in [0.4, 0.5) is 13.2 Å². The first-order chi connectivity index (χ1) is 8.78. The second-order valence-electron chi connectivity index (χ2n) is 4.09. The molecule has 0 saturated carbocycles. The predicted molar refractivity (Wildman–Crippen MR) is 64.8 cm³/mol. The van der Waals surface area contributed by atoms with Crippen LogP contribution >= 0.6 is 11.6 Å². The van der Waals surface area contributed by atoms with E-state index in [0.717, 1.165) is 24.3 Å². The topological polar surface area (TPSA) is 40.9 Å². The maximum absolute atomic E-state index is 12.5. The minimum atomic E-state index is -4.45. The van der Waals surface area contributed by atoms with Crippen LogP contribution in [-0.2, 0) is 16.4 Å². The van der Waals surface area contributed by atoms with Crippen molar-refractivity contribution >= 4 is 17.4 Å². The van der Waals surface area contributed by atoms with Crippen molar-refractivity contribution in [3.63, 3.8) is 0 Å². The summed E-state index contributed by atoms with van der Waals surface area (Å²) in [5.41, 5.74) is -2.07. The fraction of sp³-hybridized carbons (Fsp3) is 0.385. The van der Waals surface area contributed by atoms with E-state index in [9.17, 15) is 23.2 Å². The molecule has 1 unspecified atom stereocenters. The summed E-state index contributed by atoms with van der Waals surface area (Å²) < 4.78 is 37.4. The molecule has 0 heterocycles. The molecule has 0 fully saturated rings. The third-order valence-electron chi connectivity index (χ3n) is 2.97. The number of Topliss-reactive ketones (excluding diaryl/α,β-unsaturated/α-hetero) is 1. The van der Waals surface area contributed by atoms with Gasteiger partial charge in [-0.05, 0) is 31.0 Å². The van der Waals surface area contributed by atoms with E-state index in [4.69, 9.17) is 11.6 Å². The van der Waals surface area contributed by atoms with E-state index in [1.165, 1.54) is 6.92 Å². The van der Waals surface area contributed by atoms with Gasteiger partial charge in [-0.15, -0.1) is 11.6 Å². The van der Waals surface area contributed by atoms with Gasteiger partial charge < -0.3 is 0 Å². The van der Waals surface area contributed by atoms with Crippen LogP contribution in [-0.4, -0.2) is 11.7 Å². The van der Waals surface area contributed by atoms with Gasteiger partial charge in [0.15, 0.2) is 5.78 Å². The number of carbonyl (C=O) groups excluding carboxylic acids is 1. The summed E-state index contributed by atoms with van der Waals surface area (Å²) in [5.74, 6) is -0.371. The lowest BCUT2D eigenvalue weighted by atomic mass is 9.76. The Morgan fingerprint density at radius 3 is 2.05 bits per heavy atom. The van der Waals surface area contributed by atoms with Gasteiger partial charge in [-0.1, -0.05) is 12.1 Å². The molecule has 0 aliphatic carbocycles. The summed E-state index contributed by atoms with van der Waals surface area (Å²) in [6, 6.07) is 5.90. The first-order valence-electron chi connectivity index (χ1n) is 5.44. The van der Waals surface area contributed by atoms with Crippen LogP contribution < -0.4 is 0 Å². The highest BCUT2D eigenvalue weighted by atomic mass is 35.5. The molecule has 6 heteroatoms. The van der Waals surface area contributed by atoms with Crippen molar-refractivity contribution < 1.29 is 18.0 Å². The first-order valence-corrected chi connectivity index (χ1v) is 5.97. The highest BCUT2D eigenvalue weighted by Crippen LogP contribution is 2.33. The van der Waals surface area contributed by atoms with Gasteiger partial charge in [-0.2, -0.15) is 18.4 Å². The Balaban J connectivity index is 3.27. The average molecular weight is 290 g/mol. The van der Waals surface area contributed by atoms with Gasteiger partial charge >= 0.3 is 6.18 Å². The second kappa shape index (κ2) is 5.62. The maximum Gasteiger partial charge on any atom is 0.416 e. The molecule has 0 aliphatic heterocycles. The summed E-state index contributed by atoms with van der Waals surface area (Å²) in [5, 5.41) is 9.21. The van der Waals surface area contributed by atoms with E-state index >= 15 is 0 Å². The minimum absolute atomic E-state index is 0.0613. The fourth-order valence-corrected chi connectivity index (χ4v) is 2.09. The third-order valence-corrected chi connectivity index (χ3v) is 3.16. The molecular formula is C13H11ClF3NO. The van der Waals surface area contributed by atoms with Crippen LogP contribution in [0.3, 0.4) is 0 Å². The molecule has 1 aromatic carbocycles. The number of ketones is 1. The maximum atomic E-state index is 12.5. The van der Waals surface area contributed by atoms with Gasteiger partial charge in [0.05, 0.1) is 11.6 Å². The molecule has 0 bridgehead atoms. The molecule has 1 aromatic rings. The number of hydrogen-bond donors (Lipinski definition) is 0. The van der Waals surface area contributed by atoms with E-state index in [0.29, 0.717) is 0 Å². The molecule has 0 saturated heterocycles. The molecule has 102 valence electrons. The van der Waals surface area contributed by atoms with Gasteiger partial charge in [0.1, 0.15) is 5.41 Å². The number of alkyl halides is 4. The summed E-state index contributed by atoms with van der Waals surface area (Å²) in [4.78, 5) is 11.7. The molecule has 0 N–H and O–H groups in total. The van der Waals surface area contributed by atoms with Gasteiger partial charge in [0.2, 0.25) is 0 Å². The molecule has 0 radical (unpaired) electrons. The average Bonchev–Trinajstić information content (AvgIpc) is 2.35. The lowest BCUT2D eigenvalue weighted by molar-refractivity contribution is -0.137. The van der Waals surface area contributed by atoms with Gasteiger partial charge in [0.25, 0.3) is 0 Å². The number of benzene rings is 1. The van der Waals surface area contributed by atoms with Crippen LogP contribution in [0.15, 0.2) is 24.3 Å². The Bertz CT molecular complexity index is 504. The zero-order valence-corrected chi connectivity index (χ0v) is 10.8. The monoisotopic (exact) mass is 289 g/mol. The Morgan fingerprint density at radius 2 is 1.74 bits per heavy atom. The molecule has 0 amide bonds. The van der Waals surface area contributed by atoms with Crippen molar-refractivity contribution in [2.75, 3.05) is 5.88 Å². The Morgan fingerprint density at radius 1 is 1.26 bits per heavy atom. The lowest BCUT2D eigenvalue weighted by Crippen LogP contribution is -2.33. The molecule has 19 heavy (non-hydrogen) atoms. The molecular weight excluding hydrogens is 279 g/mol. The largest absolute Gasteiger partial charge is 0.416 e. The molecule has 0 spiro atoms. The number of carbonyl (C=O) groups is 1. The Kier molecular flexibility index (Phi) is 4.59. The van der Waals surface area contributed by atoms with E-state index in [1.54, 1.807) is 0 Å². The number of rotatable bonds is 4. The van der Waals surface area contributed by atoms with Crippen LogP contribution in [0.1, 0.15) is 24.5 Å². The van der Waals surface area contributed by atoms with Crippen LogP contribution in [0.25, 0.3) is 0 Å². The minimum Gasteiger partial charge on any atom is -0.298 e. The second-order valence-corrected chi connectivity index (χ2v) is 4.47. The number of hydrogen-bond acceptors (Lipinski definition) is 2. The summed E-state index contributed by atoms with van der Waals surface area (Å²) in [7, 11) is 0. The first kappa shape index (κ1) is 15.5. The molecule has 0 aliphatic rings. The number of nitrogens with zero attached hydrogens (tertiary/aromatic N) is 1. The van der Waals surface area contributed by atoms with Crippen molar-refractivity contribution in [3.8, 4) is 6.07 Å². The van der Waals surface area contributed by atoms with Gasteiger partial charge in [-0.25, -0.2) is 0 Å². The van der Waals surface area contributed by atoms with Gasteiger partial charge in [0, 0.05) is 5.88 Å². The molecule has 1 rings (SSSR count). The molecule has 1 atom stereocenters. The highest BCUT2D eigenvalue weighted by Gasteiger charge is 2.38. The summed E-state index contributed by atoms with van der Waals surface area (Å²) in [6.45, 7) is 1.23. The fourth-order valence-electron chi connectivity index (χ4n) is 1.81. The predicted octanol–water partition coefficient (Wildman–Crippen LogP) is 3.68. The van der Waals surface area contributed by atoms with E-state index < -0.39 is 22.9 Å². The van der Waals surface area contributed by atoms with Crippen molar-refractivity contribution in [2.24, 2.45) is 0 Å². The summed E-state index contributed by atoms with van der Waals surface area (Å²) in [6.07, 6.45) is -4.39. The highest BCUT2D eigenvalue weighted by molar-refractivity contribution is 6.18. The zero-order valence-electron chi connectivity index (χ0n) is 10.1. The van der Waals surface area contributed by atoms with Crippen LogP contribution in [0.2, 0.25) is 0 Å². The van der Waals surface area contributed by atoms with E-state index in [1.807, 2.05) is 6.07 Å². The third kappa shape index (κ3) is 3.07. The zero-order chi connectivity index (χ0) is 14.7. The van der Waals surface area contributed by atoms with Crippen molar-refractivity contribution in [1.29, 1.82) is 5.26 Å².